The standard InChI is InChI=1S/C10H11ClN4O2S/c1-15-9(13-6-14-15)5-18(16,17)10-7(11)3-2-4-8(10)12/h2-4,6H,5,12H2,1H3. The Hall–Kier alpha value is -1.60. The van der Waals surface area contributed by atoms with Crippen molar-refractivity contribution in [2.45, 2.75) is 10.6 Å². The van der Waals surface area contributed by atoms with E-state index in [0.717, 1.165) is 0 Å². The van der Waals surface area contributed by atoms with Crippen LogP contribution in [0.1, 0.15) is 5.82 Å². The van der Waals surface area contributed by atoms with Crippen LogP contribution in [0.4, 0.5) is 5.69 Å². The zero-order valence-corrected chi connectivity index (χ0v) is 11.1. The van der Waals surface area contributed by atoms with E-state index in [0.29, 0.717) is 5.82 Å². The van der Waals surface area contributed by atoms with Crippen LogP contribution in [0.2, 0.25) is 5.02 Å². The fourth-order valence-corrected chi connectivity index (χ4v) is 3.62. The summed E-state index contributed by atoms with van der Waals surface area (Å²) in [7, 11) is -2.03. The second kappa shape index (κ2) is 4.58. The molecule has 6 nitrogen and oxygen atoms in total. The van der Waals surface area contributed by atoms with Gasteiger partial charge < -0.3 is 5.73 Å². The van der Waals surface area contributed by atoms with Crippen LogP contribution < -0.4 is 5.73 Å². The van der Waals surface area contributed by atoms with Crippen LogP contribution >= 0.6 is 11.6 Å². The fraction of sp³-hybridized carbons (Fsp3) is 0.200. The van der Waals surface area contributed by atoms with Gasteiger partial charge >= 0.3 is 0 Å². The van der Waals surface area contributed by atoms with Crippen molar-refractivity contribution in [3.8, 4) is 0 Å². The van der Waals surface area contributed by atoms with Crippen LogP contribution in [0.5, 0.6) is 0 Å². The molecular formula is C10H11ClN4O2S. The maximum atomic E-state index is 12.2. The molecule has 0 fully saturated rings. The molecule has 0 unspecified atom stereocenters. The van der Waals surface area contributed by atoms with Gasteiger partial charge in [-0.1, -0.05) is 17.7 Å². The number of rotatable bonds is 3. The van der Waals surface area contributed by atoms with E-state index in [1.165, 1.54) is 23.1 Å². The maximum absolute atomic E-state index is 12.2. The van der Waals surface area contributed by atoms with Gasteiger partial charge in [-0.05, 0) is 12.1 Å². The molecule has 0 amide bonds. The first-order valence-corrected chi connectivity index (χ1v) is 7.04. The molecular weight excluding hydrogens is 276 g/mol. The van der Waals surface area contributed by atoms with Crippen molar-refractivity contribution in [3.63, 3.8) is 0 Å². The van der Waals surface area contributed by atoms with E-state index in [9.17, 15) is 8.42 Å². The largest absolute Gasteiger partial charge is 0.398 e. The first-order chi connectivity index (χ1) is 8.42. The normalized spacial score (nSPS) is 11.7. The molecule has 2 rings (SSSR count). The Morgan fingerprint density at radius 2 is 2.17 bits per heavy atom. The quantitative estimate of drug-likeness (QED) is 0.851. The number of hydrogen-bond acceptors (Lipinski definition) is 5. The zero-order chi connectivity index (χ0) is 13.3. The number of halogens is 1. The summed E-state index contributed by atoms with van der Waals surface area (Å²) in [5, 5.41) is 3.92. The predicted octanol–water partition coefficient (Wildman–Crippen LogP) is 1.02. The van der Waals surface area contributed by atoms with Crippen LogP contribution in [0, 0.1) is 0 Å². The van der Waals surface area contributed by atoms with Crippen LogP contribution in [0.3, 0.4) is 0 Å². The first kappa shape index (κ1) is 12.8. The molecule has 96 valence electrons. The molecule has 0 saturated carbocycles. The number of nitrogen functional groups attached to an aromatic ring is 1. The maximum Gasteiger partial charge on any atom is 0.189 e. The molecule has 0 aliphatic rings. The summed E-state index contributed by atoms with van der Waals surface area (Å²) in [5.41, 5.74) is 5.80. The van der Waals surface area contributed by atoms with E-state index in [4.69, 9.17) is 17.3 Å². The third-order valence-corrected chi connectivity index (χ3v) is 4.58. The molecule has 0 saturated heterocycles. The number of aryl methyl sites for hydroxylation is 1. The molecule has 0 aliphatic carbocycles. The van der Waals surface area contributed by atoms with Crippen molar-refractivity contribution in [2.75, 3.05) is 5.73 Å². The third-order valence-electron chi connectivity index (χ3n) is 2.43. The monoisotopic (exact) mass is 286 g/mol. The van der Waals surface area contributed by atoms with Crippen molar-refractivity contribution in [2.24, 2.45) is 7.05 Å². The highest BCUT2D eigenvalue weighted by Gasteiger charge is 2.23. The highest BCUT2D eigenvalue weighted by atomic mass is 35.5. The molecule has 0 aliphatic heterocycles. The van der Waals surface area contributed by atoms with Gasteiger partial charge in [-0.3, -0.25) is 4.68 Å². The Labute approximate surface area is 109 Å². The topological polar surface area (TPSA) is 90.9 Å². The summed E-state index contributed by atoms with van der Waals surface area (Å²) >= 11 is 5.89. The minimum absolute atomic E-state index is 0.0605. The van der Waals surface area contributed by atoms with Gasteiger partial charge in [0.1, 0.15) is 22.8 Å². The van der Waals surface area contributed by atoms with E-state index in [1.54, 1.807) is 13.1 Å². The van der Waals surface area contributed by atoms with E-state index < -0.39 is 9.84 Å². The van der Waals surface area contributed by atoms with Crippen molar-refractivity contribution in [1.29, 1.82) is 0 Å². The second-order valence-corrected chi connectivity index (χ2v) is 6.05. The Bertz CT molecular complexity index is 661. The molecule has 1 aromatic heterocycles. The van der Waals surface area contributed by atoms with Crippen LogP contribution in [-0.4, -0.2) is 23.2 Å². The fourth-order valence-electron chi connectivity index (χ4n) is 1.55. The molecule has 1 heterocycles. The summed E-state index contributed by atoms with van der Waals surface area (Å²) in [5.74, 6) is 0.0339. The first-order valence-electron chi connectivity index (χ1n) is 5.01. The zero-order valence-electron chi connectivity index (χ0n) is 9.54. The molecule has 2 aromatic rings. The Morgan fingerprint density at radius 1 is 1.44 bits per heavy atom. The number of hydrogen-bond donors (Lipinski definition) is 1. The molecule has 0 spiro atoms. The number of anilines is 1. The van der Waals surface area contributed by atoms with E-state index in [1.807, 2.05) is 0 Å². The molecule has 0 bridgehead atoms. The summed E-state index contributed by atoms with van der Waals surface area (Å²) in [4.78, 5) is 3.81. The number of aromatic nitrogens is 3. The van der Waals surface area contributed by atoms with E-state index >= 15 is 0 Å². The van der Waals surface area contributed by atoms with Gasteiger partial charge in [0.2, 0.25) is 0 Å². The number of sulfone groups is 1. The van der Waals surface area contributed by atoms with Crippen molar-refractivity contribution in [3.05, 3.63) is 35.4 Å². The Kier molecular flexibility index (Phi) is 3.27. The lowest BCUT2D eigenvalue weighted by Gasteiger charge is -2.08. The van der Waals surface area contributed by atoms with E-state index in [2.05, 4.69) is 10.1 Å². The molecule has 0 atom stereocenters. The van der Waals surface area contributed by atoms with Gasteiger partial charge in [0.15, 0.2) is 9.84 Å². The molecule has 1 aromatic carbocycles. The molecule has 8 heteroatoms. The summed E-state index contributed by atoms with van der Waals surface area (Å²) in [6, 6.07) is 4.58. The second-order valence-electron chi connectivity index (χ2n) is 3.72. The lowest BCUT2D eigenvalue weighted by molar-refractivity contribution is 0.591. The molecule has 2 N–H and O–H groups in total. The summed E-state index contributed by atoms with van der Waals surface area (Å²) in [6.07, 6.45) is 1.29. The minimum atomic E-state index is -3.65. The van der Waals surface area contributed by atoms with E-state index in [-0.39, 0.29) is 21.4 Å². The number of benzene rings is 1. The Balaban J connectivity index is 2.47. The molecule has 0 radical (unpaired) electrons. The van der Waals surface area contributed by atoms with Crippen molar-refractivity contribution < 1.29 is 8.42 Å². The third kappa shape index (κ3) is 2.32. The summed E-state index contributed by atoms with van der Waals surface area (Å²) in [6.45, 7) is 0. The predicted molar refractivity (Wildman–Crippen MR) is 67.8 cm³/mol. The van der Waals surface area contributed by atoms with Crippen LogP contribution in [-0.2, 0) is 22.6 Å². The lowest BCUT2D eigenvalue weighted by Crippen LogP contribution is -2.12. The number of nitrogens with zero attached hydrogens (tertiary/aromatic N) is 3. The average Bonchev–Trinajstić information content (AvgIpc) is 2.63. The van der Waals surface area contributed by atoms with Gasteiger partial charge in [0, 0.05) is 7.05 Å². The number of nitrogens with two attached hydrogens (primary N) is 1. The van der Waals surface area contributed by atoms with Gasteiger partial charge in [-0.2, -0.15) is 5.10 Å². The van der Waals surface area contributed by atoms with Crippen molar-refractivity contribution >= 4 is 27.1 Å². The Morgan fingerprint density at radius 3 is 2.72 bits per heavy atom. The van der Waals surface area contributed by atoms with Crippen LogP contribution in [0.15, 0.2) is 29.4 Å². The van der Waals surface area contributed by atoms with Gasteiger partial charge in [-0.25, -0.2) is 13.4 Å². The average molecular weight is 287 g/mol. The minimum Gasteiger partial charge on any atom is -0.398 e. The highest BCUT2D eigenvalue weighted by Crippen LogP contribution is 2.29. The van der Waals surface area contributed by atoms with Gasteiger partial charge in [0.25, 0.3) is 0 Å². The SMILES string of the molecule is Cn1ncnc1CS(=O)(=O)c1c(N)cccc1Cl. The highest BCUT2D eigenvalue weighted by molar-refractivity contribution is 7.91. The molecule has 18 heavy (non-hydrogen) atoms. The smallest absolute Gasteiger partial charge is 0.189 e. The lowest BCUT2D eigenvalue weighted by atomic mass is 10.3. The van der Waals surface area contributed by atoms with Crippen molar-refractivity contribution in [1.82, 2.24) is 14.8 Å². The van der Waals surface area contributed by atoms with Gasteiger partial charge in [0.05, 0.1) is 10.7 Å². The van der Waals surface area contributed by atoms with Crippen LogP contribution in [0.25, 0.3) is 0 Å². The van der Waals surface area contributed by atoms with Gasteiger partial charge in [-0.15, -0.1) is 0 Å². The summed E-state index contributed by atoms with van der Waals surface area (Å²) < 4.78 is 25.9.